The maximum atomic E-state index is 12.5. The van der Waals surface area contributed by atoms with Gasteiger partial charge in [0.1, 0.15) is 5.54 Å². The number of aromatic nitrogens is 1. The second-order valence-corrected chi connectivity index (χ2v) is 8.60. The summed E-state index contributed by atoms with van der Waals surface area (Å²) in [6.45, 7) is 2.30. The van der Waals surface area contributed by atoms with Crippen LogP contribution in [0, 0.1) is 12.8 Å². The molecule has 0 bridgehead atoms. The van der Waals surface area contributed by atoms with Crippen LogP contribution in [0.2, 0.25) is 0 Å². The number of carbonyl (C=O) groups excluding carboxylic acids is 3. The normalized spacial score (nSPS) is 24.7. The molecule has 2 atom stereocenters. The Hall–Kier alpha value is -2.26. The van der Waals surface area contributed by atoms with Crippen LogP contribution in [-0.4, -0.2) is 34.9 Å². The van der Waals surface area contributed by atoms with Crippen LogP contribution in [0.15, 0.2) is 16.8 Å². The number of hydrogen-bond donors (Lipinski definition) is 3. The summed E-state index contributed by atoms with van der Waals surface area (Å²) in [5, 5.41) is 12.8. The maximum Gasteiger partial charge on any atom is 0.322 e. The fourth-order valence-electron chi connectivity index (χ4n) is 3.71. The Morgan fingerprint density at radius 3 is 2.92 bits per heavy atom. The van der Waals surface area contributed by atoms with Crippen molar-refractivity contribution >= 4 is 40.5 Å². The van der Waals surface area contributed by atoms with Gasteiger partial charge in [0.2, 0.25) is 0 Å². The zero-order valence-electron chi connectivity index (χ0n) is 14.1. The lowest BCUT2D eigenvalue weighted by molar-refractivity contribution is -0.125. The Morgan fingerprint density at radius 1 is 1.38 bits per heavy atom. The van der Waals surface area contributed by atoms with Crippen molar-refractivity contribution in [2.75, 3.05) is 6.54 Å². The number of urea groups is 1. The summed E-state index contributed by atoms with van der Waals surface area (Å²) in [7, 11) is 0. The molecule has 7 nitrogen and oxygen atoms in total. The Labute approximate surface area is 158 Å². The number of aryl methyl sites for hydroxylation is 1. The summed E-state index contributed by atoms with van der Waals surface area (Å²) in [5.41, 5.74) is 0.599. The second kappa shape index (κ2) is 6.48. The monoisotopic (exact) mass is 390 g/mol. The van der Waals surface area contributed by atoms with Gasteiger partial charge in [-0.1, -0.05) is 6.42 Å². The van der Waals surface area contributed by atoms with Gasteiger partial charge in [0.25, 0.3) is 11.8 Å². The molecule has 0 aromatic carbocycles. The van der Waals surface area contributed by atoms with Gasteiger partial charge < -0.3 is 10.6 Å². The average molecular weight is 390 g/mol. The number of nitrogens with zero attached hydrogens (tertiary/aromatic N) is 1. The summed E-state index contributed by atoms with van der Waals surface area (Å²) in [6.07, 6.45) is 2.25. The summed E-state index contributed by atoms with van der Waals surface area (Å²) in [4.78, 5) is 41.6. The van der Waals surface area contributed by atoms with Crippen molar-refractivity contribution in [3.05, 3.63) is 27.4 Å². The van der Waals surface area contributed by atoms with E-state index in [0.717, 1.165) is 28.4 Å². The number of rotatable bonds is 4. The SMILES string of the molecule is Cc1nc(-c2cc(C(=O)NCC3CCCC34NC(=O)NC4=O)cs2)cs1. The van der Waals surface area contributed by atoms with Gasteiger partial charge in [0, 0.05) is 23.2 Å². The second-order valence-electron chi connectivity index (χ2n) is 6.63. The first-order valence-electron chi connectivity index (χ1n) is 8.41. The van der Waals surface area contributed by atoms with Crippen molar-refractivity contribution in [3.8, 4) is 10.6 Å². The molecule has 2 fully saturated rings. The number of nitrogens with one attached hydrogen (secondary N) is 3. The van der Waals surface area contributed by atoms with Crippen molar-refractivity contribution < 1.29 is 14.4 Å². The van der Waals surface area contributed by atoms with Crippen LogP contribution in [0.4, 0.5) is 4.79 Å². The third-order valence-electron chi connectivity index (χ3n) is 5.03. The van der Waals surface area contributed by atoms with Gasteiger partial charge >= 0.3 is 6.03 Å². The Kier molecular flexibility index (Phi) is 4.28. The molecule has 2 aliphatic rings. The number of amides is 4. The van der Waals surface area contributed by atoms with Crippen LogP contribution in [0.3, 0.4) is 0 Å². The Bertz CT molecular complexity index is 890. The highest BCUT2D eigenvalue weighted by molar-refractivity contribution is 7.14. The topological polar surface area (TPSA) is 100 Å². The molecule has 1 aliphatic heterocycles. The number of imide groups is 1. The molecule has 9 heteroatoms. The van der Waals surface area contributed by atoms with Crippen LogP contribution in [0.5, 0.6) is 0 Å². The van der Waals surface area contributed by atoms with Gasteiger partial charge in [-0.3, -0.25) is 14.9 Å². The molecule has 4 rings (SSSR count). The smallest absolute Gasteiger partial charge is 0.322 e. The molecule has 2 aromatic heterocycles. The van der Waals surface area contributed by atoms with E-state index >= 15 is 0 Å². The van der Waals surface area contributed by atoms with E-state index in [2.05, 4.69) is 20.9 Å². The molecule has 3 N–H and O–H groups in total. The minimum atomic E-state index is -0.873. The molecule has 2 unspecified atom stereocenters. The maximum absolute atomic E-state index is 12.5. The molecular formula is C17H18N4O3S2. The largest absolute Gasteiger partial charge is 0.352 e. The van der Waals surface area contributed by atoms with Crippen LogP contribution in [0.25, 0.3) is 10.6 Å². The zero-order valence-corrected chi connectivity index (χ0v) is 15.8. The molecule has 26 heavy (non-hydrogen) atoms. The van der Waals surface area contributed by atoms with Gasteiger partial charge in [-0.05, 0) is 25.8 Å². The fraction of sp³-hybridized carbons (Fsp3) is 0.412. The van der Waals surface area contributed by atoms with E-state index in [-0.39, 0.29) is 17.7 Å². The third-order valence-corrected chi connectivity index (χ3v) is 6.76. The highest BCUT2D eigenvalue weighted by atomic mass is 32.1. The molecule has 0 radical (unpaired) electrons. The third kappa shape index (κ3) is 2.90. The lowest BCUT2D eigenvalue weighted by Gasteiger charge is -2.28. The van der Waals surface area contributed by atoms with Gasteiger partial charge in [-0.15, -0.1) is 22.7 Å². The van der Waals surface area contributed by atoms with Crippen molar-refractivity contribution in [2.24, 2.45) is 5.92 Å². The summed E-state index contributed by atoms with van der Waals surface area (Å²) < 4.78 is 0. The summed E-state index contributed by atoms with van der Waals surface area (Å²) in [5.74, 6) is -0.556. The molecule has 1 saturated heterocycles. The number of carbonyl (C=O) groups is 3. The van der Waals surface area contributed by atoms with Crippen molar-refractivity contribution in [2.45, 2.75) is 31.7 Å². The van der Waals surface area contributed by atoms with Gasteiger partial charge in [0.15, 0.2) is 0 Å². The van der Waals surface area contributed by atoms with E-state index in [0.29, 0.717) is 18.5 Å². The minimum absolute atomic E-state index is 0.0998. The van der Waals surface area contributed by atoms with Crippen molar-refractivity contribution in [1.29, 1.82) is 0 Å². The lowest BCUT2D eigenvalue weighted by atomic mass is 9.87. The highest BCUT2D eigenvalue weighted by Gasteiger charge is 2.54. The quantitative estimate of drug-likeness (QED) is 0.697. The van der Waals surface area contributed by atoms with E-state index in [4.69, 9.17) is 0 Å². The first-order chi connectivity index (χ1) is 12.5. The predicted molar refractivity (Wildman–Crippen MR) is 99.2 cm³/mol. The first-order valence-corrected chi connectivity index (χ1v) is 10.2. The molecule has 4 amide bonds. The summed E-state index contributed by atoms with van der Waals surface area (Å²) in [6, 6.07) is 1.39. The van der Waals surface area contributed by atoms with Crippen LogP contribution >= 0.6 is 22.7 Å². The van der Waals surface area contributed by atoms with Gasteiger partial charge in [0.05, 0.1) is 21.1 Å². The molecule has 1 saturated carbocycles. The first kappa shape index (κ1) is 17.2. The van der Waals surface area contributed by atoms with Gasteiger partial charge in [-0.25, -0.2) is 9.78 Å². The molecule has 3 heterocycles. The van der Waals surface area contributed by atoms with E-state index in [1.54, 1.807) is 11.3 Å². The highest BCUT2D eigenvalue weighted by Crippen LogP contribution is 2.37. The molecule has 2 aromatic rings. The summed E-state index contributed by atoms with van der Waals surface area (Å²) >= 11 is 3.06. The van der Waals surface area contributed by atoms with Crippen molar-refractivity contribution in [1.82, 2.24) is 20.9 Å². The van der Waals surface area contributed by atoms with E-state index < -0.39 is 11.6 Å². The fourth-order valence-corrected chi connectivity index (χ4v) is 5.24. The van der Waals surface area contributed by atoms with Crippen LogP contribution < -0.4 is 16.0 Å². The lowest BCUT2D eigenvalue weighted by Crippen LogP contribution is -2.53. The number of thiazole rings is 1. The zero-order chi connectivity index (χ0) is 18.3. The number of thiophene rings is 1. The average Bonchev–Trinajstić information content (AvgIpc) is 3.35. The molecule has 1 spiro atoms. The molecular weight excluding hydrogens is 372 g/mol. The van der Waals surface area contributed by atoms with Gasteiger partial charge in [-0.2, -0.15) is 0 Å². The van der Waals surface area contributed by atoms with Crippen LogP contribution in [0.1, 0.15) is 34.6 Å². The van der Waals surface area contributed by atoms with Crippen LogP contribution in [-0.2, 0) is 4.79 Å². The Morgan fingerprint density at radius 2 is 2.23 bits per heavy atom. The predicted octanol–water partition coefficient (Wildman–Crippen LogP) is 2.29. The standard InChI is InChI=1S/C17H18N4O3S2/c1-9-19-12(8-25-9)13-5-10(7-26-13)14(22)18-6-11-3-2-4-17(11)15(23)20-16(24)21-17/h5,7-8,11H,2-4,6H2,1H3,(H,18,22)(H2,20,21,23,24). The molecule has 136 valence electrons. The van der Waals surface area contributed by atoms with Crippen molar-refractivity contribution in [3.63, 3.8) is 0 Å². The number of hydrogen-bond acceptors (Lipinski definition) is 6. The minimum Gasteiger partial charge on any atom is -0.352 e. The Balaban J connectivity index is 1.42. The molecule has 1 aliphatic carbocycles. The van der Waals surface area contributed by atoms with E-state index in [1.807, 2.05) is 23.8 Å². The van der Waals surface area contributed by atoms with E-state index in [9.17, 15) is 14.4 Å². The van der Waals surface area contributed by atoms with E-state index in [1.165, 1.54) is 11.3 Å².